The van der Waals surface area contributed by atoms with E-state index in [1.807, 2.05) is 0 Å². The first-order valence-corrected chi connectivity index (χ1v) is 11.9. The third-order valence-corrected chi connectivity index (χ3v) is 5.61. The van der Waals surface area contributed by atoms with Crippen molar-refractivity contribution in [3.8, 4) is 5.75 Å². The van der Waals surface area contributed by atoms with E-state index in [1.54, 1.807) is 12.1 Å². The number of carbonyl (C=O) groups excluding carboxylic acids is 3. The number of carbonyl (C=O) groups is 6. The molecule has 0 radical (unpaired) electrons. The number of aromatic amines is 1. The van der Waals surface area contributed by atoms with Gasteiger partial charge in [-0.05, 0) is 30.5 Å². The molecule has 0 fully saturated rings. The minimum absolute atomic E-state index is 0.0125. The lowest BCUT2D eigenvalue weighted by atomic mass is 10.0. The highest BCUT2D eigenvalue weighted by Crippen LogP contribution is 2.11. The Bertz CT molecular complexity index is 1200. The molecule has 1 heterocycles. The van der Waals surface area contributed by atoms with Gasteiger partial charge in [-0.15, -0.1) is 0 Å². The molecule has 0 saturated heterocycles. The molecule has 1 aromatic carbocycles. The Morgan fingerprint density at radius 3 is 1.98 bits per heavy atom. The summed E-state index contributed by atoms with van der Waals surface area (Å²) in [4.78, 5) is 78.9. The second-order valence-electron chi connectivity index (χ2n) is 8.81. The Morgan fingerprint density at radius 2 is 1.43 bits per heavy atom. The highest BCUT2D eigenvalue weighted by Gasteiger charge is 2.31. The average molecular weight is 563 g/mol. The molecule has 16 heteroatoms. The molecule has 0 bridgehead atoms. The van der Waals surface area contributed by atoms with Gasteiger partial charge < -0.3 is 47.1 Å². The number of carboxylic acids is 3. The minimum Gasteiger partial charge on any atom is -0.508 e. The molecule has 4 unspecified atom stereocenters. The summed E-state index contributed by atoms with van der Waals surface area (Å²) in [6.45, 7) is 0. The van der Waals surface area contributed by atoms with E-state index >= 15 is 0 Å². The summed E-state index contributed by atoms with van der Waals surface area (Å²) in [7, 11) is 0. The number of rotatable bonds is 16. The molecule has 3 amide bonds. The van der Waals surface area contributed by atoms with Gasteiger partial charge in [0.1, 0.15) is 23.9 Å². The Balaban J connectivity index is 2.19. The lowest BCUT2D eigenvalue weighted by Gasteiger charge is -2.24. The van der Waals surface area contributed by atoms with Crippen molar-refractivity contribution >= 4 is 35.6 Å². The van der Waals surface area contributed by atoms with Gasteiger partial charge in [0.25, 0.3) is 0 Å². The number of H-pyrrole nitrogens is 1. The van der Waals surface area contributed by atoms with Gasteiger partial charge in [-0.3, -0.25) is 24.0 Å². The second-order valence-corrected chi connectivity index (χ2v) is 8.81. The molecule has 2 rings (SSSR count). The van der Waals surface area contributed by atoms with E-state index in [4.69, 9.17) is 15.9 Å². The molecular formula is C24H30N6O10. The Kier molecular flexibility index (Phi) is 11.6. The van der Waals surface area contributed by atoms with Crippen molar-refractivity contribution < 1.29 is 49.2 Å². The molecule has 2 aromatic rings. The molecule has 10 N–H and O–H groups in total. The average Bonchev–Trinajstić information content (AvgIpc) is 3.39. The summed E-state index contributed by atoms with van der Waals surface area (Å²) in [6, 6.07) is 0.0418. The third-order valence-electron chi connectivity index (χ3n) is 5.61. The maximum absolute atomic E-state index is 13.1. The van der Waals surface area contributed by atoms with Crippen LogP contribution in [0.25, 0.3) is 0 Å². The first-order chi connectivity index (χ1) is 18.8. The highest BCUT2D eigenvalue weighted by atomic mass is 16.4. The smallest absolute Gasteiger partial charge is 0.326 e. The molecule has 4 atom stereocenters. The lowest BCUT2D eigenvalue weighted by molar-refractivity contribution is -0.147. The van der Waals surface area contributed by atoms with Gasteiger partial charge in [0.05, 0.1) is 18.8 Å². The van der Waals surface area contributed by atoms with Crippen molar-refractivity contribution in [2.45, 2.75) is 56.3 Å². The van der Waals surface area contributed by atoms with Gasteiger partial charge >= 0.3 is 17.9 Å². The van der Waals surface area contributed by atoms with Crippen LogP contribution < -0.4 is 21.7 Å². The number of carboxylic acid groups (broad SMARTS) is 3. The first kappa shape index (κ1) is 31.2. The standard InChI is InChI=1S/C24H30N6O10/c25-15(7-12-1-3-14(31)4-2-12)21(36)28-16(5-6-19(32)33)22(37)29-17(8-13-10-26-11-27-13)23(38)30-18(24(39)40)9-20(34)35/h1-4,10-11,15-18,31H,5-9,25H2,(H,26,27)(H,28,36)(H,29,37)(H,30,38)(H,32,33)(H,34,35)(H,39,40). The Hall–Kier alpha value is -4.99. The van der Waals surface area contributed by atoms with E-state index < -0.39 is 72.6 Å². The second kappa shape index (κ2) is 14.8. The minimum atomic E-state index is -1.80. The fraction of sp³-hybridized carbons (Fsp3) is 0.375. The van der Waals surface area contributed by atoms with E-state index in [2.05, 4.69) is 25.9 Å². The largest absolute Gasteiger partial charge is 0.508 e. The number of nitrogens with two attached hydrogens (primary N) is 1. The first-order valence-electron chi connectivity index (χ1n) is 11.9. The monoisotopic (exact) mass is 562 g/mol. The summed E-state index contributed by atoms with van der Waals surface area (Å²) in [5.41, 5.74) is 6.92. The van der Waals surface area contributed by atoms with Crippen LogP contribution >= 0.6 is 0 Å². The molecule has 0 spiro atoms. The van der Waals surface area contributed by atoms with Gasteiger partial charge in [0.15, 0.2) is 0 Å². The number of hydrogen-bond donors (Lipinski definition) is 9. The lowest BCUT2D eigenvalue weighted by Crippen LogP contribution is -2.58. The van der Waals surface area contributed by atoms with Crippen LogP contribution in [0.1, 0.15) is 30.5 Å². The molecule has 216 valence electrons. The number of aromatic nitrogens is 2. The number of phenols is 1. The summed E-state index contributed by atoms with van der Waals surface area (Å²) >= 11 is 0. The number of aromatic hydroxyl groups is 1. The predicted octanol–water partition coefficient (Wildman–Crippen LogP) is -1.89. The van der Waals surface area contributed by atoms with Crippen molar-refractivity contribution in [1.29, 1.82) is 0 Å². The fourth-order valence-electron chi connectivity index (χ4n) is 3.54. The summed E-state index contributed by atoms with van der Waals surface area (Å²) in [5, 5.41) is 43.5. The Labute approximate surface area is 227 Å². The molecule has 0 aliphatic carbocycles. The van der Waals surface area contributed by atoms with E-state index in [0.29, 0.717) is 11.3 Å². The zero-order valence-corrected chi connectivity index (χ0v) is 21.1. The maximum Gasteiger partial charge on any atom is 0.326 e. The van der Waals surface area contributed by atoms with Gasteiger partial charge in [-0.25, -0.2) is 9.78 Å². The topological polar surface area (TPSA) is 274 Å². The zero-order valence-electron chi connectivity index (χ0n) is 21.1. The highest BCUT2D eigenvalue weighted by molar-refractivity contribution is 5.95. The van der Waals surface area contributed by atoms with Crippen molar-refractivity contribution in [2.75, 3.05) is 0 Å². The summed E-state index contributed by atoms with van der Waals surface area (Å²) < 4.78 is 0. The van der Waals surface area contributed by atoms with E-state index in [-0.39, 0.29) is 25.0 Å². The van der Waals surface area contributed by atoms with Crippen molar-refractivity contribution in [2.24, 2.45) is 5.73 Å². The fourth-order valence-corrected chi connectivity index (χ4v) is 3.54. The van der Waals surface area contributed by atoms with E-state index in [9.17, 15) is 39.0 Å². The van der Waals surface area contributed by atoms with Crippen molar-refractivity contribution in [3.63, 3.8) is 0 Å². The molecular weight excluding hydrogens is 532 g/mol. The number of aliphatic carboxylic acids is 3. The van der Waals surface area contributed by atoms with Crippen LogP contribution in [-0.4, -0.2) is 90.2 Å². The number of imidazole rings is 1. The normalized spacial score (nSPS) is 13.7. The van der Waals surface area contributed by atoms with Crippen LogP contribution in [0.4, 0.5) is 0 Å². The van der Waals surface area contributed by atoms with Crippen LogP contribution in [0, 0.1) is 0 Å². The predicted molar refractivity (Wildman–Crippen MR) is 135 cm³/mol. The van der Waals surface area contributed by atoms with Gasteiger partial charge in [0, 0.05) is 24.7 Å². The number of phenolic OH excluding ortho intramolecular Hbond substituents is 1. The van der Waals surface area contributed by atoms with Crippen molar-refractivity contribution in [3.05, 3.63) is 48.0 Å². The van der Waals surface area contributed by atoms with Gasteiger partial charge in [-0.1, -0.05) is 12.1 Å². The molecule has 16 nitrogen and oxygen atoms in total. The van der Waals surface area contributed by atoms with Crippen molar-refractivity contribution in [1.82, 2.24) is 25.9 Å². The van der Waals surface area contributed by atoms with E-state index in [1.165, 1.54) is 24.7 Å². The summed E-state index contributed by atoms with van der Waals surface area (Å²) in [5.74, 6) is -7.14. The summed E-state index contributed by atoms with van der Waals surface area (Å²) in [6.07, 6.45) is 0.617. The number of nitrogens with zero attached hydrogens (tertiary/aromatic N) is 1. The Morgan fingerprint density at radius 1 is 0.825 bits per heavy atom. The maximum atomic E-state index is 13.1. The van der Waals surface area contributed by atoms with Gasteiger partial charge in [-0.2, -0.15) is 0 Å². The molecule has 0 saturated carbocycles. The number of benzene rings is 1. The SMILES string of the molecule is NC(Cc1ccc(O)cc1)C(=O)NC(CCC(=O)O)C(=O)NC(Cc1cnc[nH]1)C(=O)NC(CC(=O)O)C(=O)O. The van der Waals surface area contributed by atoms with Gasteiger partial charge in [0.2, 0.25) is 17.7 Å². The van der Waals surface area contributed by atoms with Crippen LogP contribution in [0.2, 0.25) is 0 Å². The van der Waals surface area contributed by atoms with E-state index in [0.717, 1.165) is 0 Å². The quantitative estimate of drug-likeness (QED) is 0.109. The zero-order chi connectivity index (χ0) is 29.8. The molecule has 40 heavy (non-hydrogen) atoms. The number of amides is 3. The number of hydrogen-bond acceptors (Lipinski definition) is 9. The van der Waals surface area contributed by atoms with Crippen LogP contribution in [-0.2, 0) is 41.6 Å². The van der Waals surface area contributed by atoms with Crippen LogP contribution in [0.15, 0.2) is 36.8 Å². The third kappa shape index (κ3) is 10.4. The molecule has 1 aromatic heterocycles. The van der Waals surface area contributed by atoms with Crippen LogP contribution in [0.5, 0.6) is 5.75 Å². The number of nitrogens with one attached hydrogen (secondary N) is 4. The van der Waals surface area contributed by atoms with Crippen LogP contribution in [0.3, 0.4) is 0 Å². The molecule has 0 aliphatic rings. The molecule has 0 aliphatic heterocycles.